The minimum absolute atomic E-state index is 0.00914. The van der Waals surface area contributed by atoms with Crippen LogP contribution in [0.4, 0.5) is 14.9 Å². The van der Waals surface area contributed by atoms with Crippen molar-refractivity contribution in [1.29, 1.82) is 0 Å². The van der Waals surface area contributed by atoms with E-state index in [0.717, 1.165) is 17.5 Å². The van der Waals surface area contributed by atoms with Gasteiger partial charge in [0.2, 0.25) is 5.91 Å². The fourth-order valence-electron chi connectivity index (χ4n) is 2.74. The standard InChI is InChI=1S/C20H22FN3O3/c21-17-5-1-14(2-6-17)12-23-20(26)24-18-7-3-15(4-8-18)11-22-19(25)16-9-10-27-13-16/h1-8,16H,9-13H2,(H,22,25)(H2,23,24,26)/t16-/m1/s1. The first kappa shape index (κ1) is 18.8. The average molecular weight is 371 g/mol. The summed E-state index contributed by atoms with van der Waals surface area (Å²) < 4.78 is 18.1. The van der Waals surface area contributed by atoms with Crippen molar-refractivity contribution >= 4 is 17.6 Å². The molecule has 0 unspecified atom stereocenters. The van der Waals surface area contributed by atoms with E-state index in [-0.39, 0.29) is 23.7 Å². The maximum absolute atomic E-state index is 12.9. The molecule has 0 aromatic heterocycles. The Morgan fingerprint density at radius 3 is 2.22 bits per heavy atom. The largest absolute Gasteiger partial charge is 0.381 e. The molecule has 3 rings (SSSR count). The molecule has 3 amide bonds. The normalized spacial score (nSPS) is 16.0. The number of rotatable bonds is 6. The van der Waals surface area contributed by atoms with E-state index in [2.05, 4.69) is 16.0 Å². The van der Waals surface area contributed by atoms with Crippen LogP contribution in [0.25, 0.3) is 0 Å². The van der Waals surface area contributed by atoms with Gasteiger partial charge in [0, 0.05) is 25.4 Å². The number of benzene rings is 2. The number of hydrogen-bond donors (Lipinski definition) is 3. The number of hydrogen-bond acceptors (Lipinski definition) is 3. The second kappa shape index (κ2) is 9.14. The molecule has 0 bridgehead atoms. The maximum Gasteiger partial charge on any atom is 0.319 e. The summed E-state index contributed by atoms with van der Waals surface area (Å²) in [6.07, 6.45) is 0.766. The first-order valence-corrected chi connectivity index (χ1v) is 8.84. The molecule has 3 N–H and O–H groups in total. The molecule has 0 radical (unpaired) electrons. The molecule has 1 saturated heterocycles. The lowest BCUT2D eigenvalue weighted by atomic mass is 10.1. The SMILES string of the molecule is O=C(NCc1ccc(F)cc1)Nc1ccc(CNC(=O)[C@@H]2CCOC2)cc1. The van der Waals surface area contributed by atoms with Crippen molar-refractivity contribution in [2.45, 2.75) is 19.5 Å². The van der Waals surface area contributed by atoms with Crippen molar-refractivity contribution in [3.05, 3.63) is 65.5 Å². The molecule has 6 nitrogen and oxygen atoms in total. The number of halogens is 1. The molecule has 142 valence electrons. The Kier molecular flexibility index (Phi) is 6.38. The van der Waals surface area contributed by atoms with E-state index in [1.807, 2.05) is 12.1 Å². The first-order chi connectivity index (χ1) is 13.1. The highest BCUT2D eigenvalue weighted by molar-refractivity contribution is 5.89. The van der Waals surface area contributed by atoms with Crippen LogP contribution in [0.15, 0.2) is 48.5 Å². The summed E-state index contributed by atoms with van der Waals surface area (Å²) >= 11 is 0. The van der Waals surface area contributed by atoms with Crippen molar-refractivity contribution in [2.24, 2.45) is 5.92 Å². The van der Waals surface area contributed by atoms with E-state index in [9.17, 15) is 14.0 Å². The van der Waals surface area contributed by atoms with Crippen LogP contribution >= 0.6 is 0 Å². The number of amides is 3. The van der Waals surface area contributed by atoms with Gasteiger partial charge >= 0.3 is 6.03 Å². The van der Waals surface area contributed by atoms with Crippen LogP contribution in [0, 0.1) is 11.7 Å². The molecule has 1 heterocycles. The van der Waals surface area contributed by atoms with E-state index < -0.39 is 0 Å². The summed E-state index contributed by atoms with van der Waals surface area (Å²) in [6.45, 7) is 1.87. The second-order valence-electron chi connectivity index (χ2n) is 6.41. The smallest absolute Gasteiger partial charge is 0.319 e. The van der Waals surface area contributed by atoms with Gasteiger partial charge in [0.15, 0.2) is 0 Å². The molecule has 1 fully saturated rings. The highest BCUT2D eigenvalue weighted by Crippen LogP contribution is 2.13. The Morgan fingerprint density at radius 1 is 0.963 bits per heavy atom. The Balaban J connectivity index is 1.42. The molecule has 27 heavy (non-hydrogen) atoms. The Bertz CT molecular complexity index is 772. The van der Waals surface area contributed by atoms with Crippen molar-refractivity contribution in [3.63, 3.8) is 0 Å². The monoisotopic (exact) mass is 371 g/mol. The number of ether oxygens (including phenoxy) is 1. The molecule has 2 aromatic carbocycles. The summed E-state index contributed by atoms with van der Waals surface area (Å²) in [4.78, 5) is 23.9. The van der Waals surface area contributed by atoms with Crippen LogP contribution < -0.4 is 16.0 Å². The van der Waals surface area contributed by atoms with Crippen LogP contribution in [0.5, 0.6) is 0 Å². The summed E-state index contributed by atoms with van der Waals surface area (Å²) in [6, 6.07) is 12.9. The lowest BCUT2D eigenvalue weighted by Gasteiger charge is -2.11. The van der Waals surface area contributed by atoms with Gasteiger partial charge in [-0.05, 0) is 41.8 Å². The van der Waals surface area contributed by atoms with Gasteiger partial charge in [0.25, 0.3) is 0 Å². The highest BCUT2D eigenvalue weighted by Gasteiger charge is 2.22. The number of nitrogens with one attached hydrogen (secondary N) is 3. The average Bonchev–Trinajstić information content (AvgIpc) is 3.22. The molecule has 7 heteroatoms. The fraction of sp³-hybridized carbons (Fsp3) is 0.300. The predicted molar refractivity (Wildman–Crippen MR) is 99.5 cm³/mol. The van der Waals surface area contributed by atoms with Crippen molar-refractivity contribution in [3.8, 4) is 0 Å². The zero-order chi connectivity index (χ0) is 19.1. The molecule has 0 aliphatic carbocycles. The van der Waals surface area contributed by atoms with Gasteiger partial charge in [-0.3, -0.25) is 4.79 Å². The van der Waals surface area contributed by atoms with Gasteiger partial charge in [0.1, 0.15) is 5.82 Å². The Hall–Kier alpha value is -2.93. The fourth-order valence-corrected chi connectivity index (χ4v) is 2.74. The lowest BCUT2D eigenvalue weighted by Crippen LogP contribution is -2.30. The number of anilines is 1. The van der Waals surface area contributed by atoms with Gasteiger partial charge in [0.05, 0.1) is 12.5 Å². The van der Waals surface area contributed by atoms with Gasteiger partial charge in [-0.25, -0.2) is 9.18 Å². The van der Waals surface area contributed by atoms with Crippen LogP contribution in [0.2, 0.25) is 0 Å². The lowest BCUT2D eigenvalue weighted by molar-refractivity contribution is -0.125. The van der Waals surface area contributed by atoms with Gasteiger partial charge in [-0.15, -0.1) is 0 Å². The van der Waals surface area contributed by atoms with E-state index >= 15 is 0 Å². The van der Waals surface area contributed by atoms with Crippen molar-refractivity contribution in [1.82, 2.24) is 10.6 Å². The zero-order valence-corrected chi connectivity index (χ0v) is 14.8. The van der Waals surface area contributed by atoms with Crippen LogP contribution in [0.1, 0.15) is 17.5 Å². The quantitative estimate of drug-likeness (QED) is 0.731. The maximum atomic E-state index is 12.9. The minimum atomic E-state index is -0.346. The molecule has 1 atom stereocenters. The summed E-state index contributed by atoms with van der Waals surface area (Å²) in [7, 11) is 0. The molecular weight excluding hydrogens is 349 g/mol. The summed E-state index contributed by atoms with van der Waals surface area (Å²) in [5.41, 5.74) is 2.40. The second-order valence-corrected chi connectivity index (χ2v) is 6.41. The van der Waals surface area contributed by atoms with E-state index in [0.29, 0.717) is 32.0 Å². The van der Waals surface area contributed by atoms with Gasteiger partial charge in [-0.1, -0.05) is 24.3 Å². The Labute approximate surface area is 157 Å². The van der Waals surface area contributed by atoms with E-state index in [1.54, 1.807) is 24.3 Å². The summed E-state index contributed by atoms with van der Waals surface area (Å²) in [5, 5.41) is 8.34. The zero-order valence-electron chi connectivity index (χ0n) is 14.8. The number of urea groups is 1. The molecule has 0 spiro atoms. The molecular formula is C20H22FN3O3. The third-order valence-corrected chi connectivity index (χ3v) is 4.35. The van der Waals surface area contributed by atoms with E-state index in [1.165, 1.54) is 12.1 Å². The third kappa shape index (κ3) is 5.79. The minimum Gasteiger partial charge on any atom is -0.381 e. The van der Waals surface area contributed by atoms with Crippen molar-refractivity contribution in [2.75, 3.05) is 18.5 Å². The van der Waals surface area contributed by atoms with Gasteiger partial charge < -0.3 is 20.7 Å². The topological polar surface area (TPSA) is 79.5 Å². The third-order valence-electron chi connectivity index (χ3n) is 4.35. The van der Waals surface area contributed by atoms with Gasteiger partial charge in [-0.2, -0.15) is 0 Å². The summed E-state index contributed by atoms with van der Waals surface area (Å²) in [5.74, 6) is -0.360. The van der Waals surface area contributed by atoms with Crippen molar-refractivity contribution < 1.29 is 18.7 Å². The predicted octanol–water partition coefficient (Wildman–Crippen LogP) is 2.80. The highest BCUT2D eigenvalue weighted by atomic mass is 19.1. The first-order valence-electron chi connectivity index (χ1n) is 8.84. The van der Waals surface area contributed by atoms with E-state index in [4.69, 9.17) is 4.74 Å². The molecule has 0 saturated carbocycles. The van der Waals surface area contributed by atoms with Crippen LogP contribution in [-0.4, -0.2) is 25.2 Å². The molecule has 1 aliphatic heterocycles. The van der Waals surface area contributed by atoms with Crippen LogP contribution in [-0.2, 0) is 22.6 Å². The van der Waals surface area contributed by atoms with Crippen LogP contribution in [0.3, 0.4) is 0 Å². The Morgan fingerprint density at radius 2 is 1.59 bits per heavy atom. The molecule has 1 aliphatic rings. The number of carbonyl (C=O) groups is 2. The number of carbonyl (C=O) groups excluding carboxylic acids is 2. The molecule has 2 aromatic rings.